The summed E-state index contributed by atoms with van der Waals surface area (Å²) in [5.41, 5.74) is 13.5. The Balaban J connectivity index is 2.45. The van der Waals surface area contributed by atoms with Gasteiger partial charge in [-0.3, -0.25) is 0 Å². The van der Waals surface area contributed by atoms with Crippen molar-refractivity contribution in [3.05, 3.63) is 73.7 Å². The van der Waals surface area contributed by atoms with Gasteiger partial charge in [-0.25, -0.2) is 0 Å². The van der Waals surface area contributed by atoms with Crippen LogP contribution in [-0.2, 0) is 0 Å². The van der Waals surface area contributed by atoms with Crippen LogP contribution in [0.1, 0.15) is 38.9 Å². The van der Waals surface area contributed by atoms with E-state index in [4.69, 9.17) is 0 Å². The van der Waals surface area contributed by atoms with Crippen LogP contribution in [-0.4, -0.2) is 4.57 Å². The van der Waals surface area contributed by atoms with E-state index in [-0.39, 0.29) is 0 Å². The molecule has 4 aromatic rings. The van der Waals surface area contributed by atoms with Gasteiger partial charge < -0.3 is 4.57 Å². The zero-order valence-corrected chi connectivity index (χ0v) is 18.8. The molecule has 1 nitrogen and oxygen atoms in total. The van der Waals surface area contributed by atoms with E-state index >= 15 is 0 Å². The quantitative estimate of drug-likeness (QED) is 0.297. The van der Waals surface area contributed by atoms with Crippen LogP contribution in [0.15, 0.2) is 34.8 Å². The minimum Gasteiger partial charge on any atom is -0.308 e. The molecule has 1 heterocycles. The van der Waals surface area contributed by atoms with Crippen LogP contribution in [0.25, 0.3) is 27.5 Å². The van der Waals surface area contributed by atoms with E-state index in [1.54, 1.807) is 0 Å². The predicted molar refractivity (Wildman–Crippen MR) is 122 cm³/mol. The maximum atomic E-state index is 3.96. The van der Waals surface area contributed by atoms with E-state index in [0.717, 1.165) is 0 Å². The van der Waals surface area contributed by atoms with Gasteiger partial charge in [0, 0.05) is 20.9 Å². The van der Waals surface area contributed by atoms with E-state index in [1.165, 1.54) is 70.9 Å². The number of halogens is 1. The van der Waals surface area contributed by atoms with Crippen molar-refractivity contribution in [1.29, 1.82) is 0 Å². The number of rotatable bonds is 1. The van der Waals surface area contributed by atoms with Gasteiger partial charge >= 0.3 is 0 Å². The Morgan fingerprint density at radius 3 is 1.63 bits per heavy atom. The highest BCUT2D eigenvalue weighted by molar-refractivity contribution is 9.10. The van der Waals surface area contributed by atoms with Gasteiger partial charge in [0.1, 0.15) is 0 Å². The first-order chi connectivity index (χ1) is 12.8. The predicted octanol–water partition coefficient (Wildman–Crippen LogP) is 7.71. The normalized spacial score (nSPS) is 11.7. The van der Waals surface area contributed by atoms with Crippen molar-refractivity contribution in [2.45, 2.75) is 48.5 Å². The smallest absolute Gasteiger partial charge is 0.0688 e. The fourth-order valence-electron chi connectivity index (χ4n) is 4.44. The molecule has 0 unspecified atom stereocenters. The second-order valence-corrected chi connectivity index (χ2v) is 8.60. The number of hydrogen-bond acceptors (Lipinski definition) is 0. The molecule has 0 spiro atoms. The van der Waals surface area contributed by atoms with E-state index < -0.39 is 0 Å². The number of aryl methyl sites for hydroxylation is 3. The Kier molecular flexibility index (Phi) is 4.23. The molecule has 3 aromatic carbocycles. The molecule has 0 amide bonds. The summed E-state index contributed by atoms with van der Waals surface area (Å²) in [6.45, 7) is 15.8. The number of fused-ring (bicyclic) bond motifs is 3. The van der Waals surface area contributed by atoms with Crippen LogP contribution in [0.3, 0.4) is 0 Å². The van der Waals surface area contributed by atoms with Crippen molar-refractivity contribution in [3.8, 4) is 5.69 Å². The first-order valence-corrected chi connectivity index (χ1v) is 10.3. The van der Waals surface area contributed by atoms with Crippen LogP contribution < -0.4 is 0 Å². The third-order valence-electron chi connectivity index (χ3n) is 6.64. The molecule has 0 saturated carbocycles. The average Bonchev–Trinajstić information content (AvgIpc) is 3.04. The number of benzene rings is 3. The van der Waals surface area contributed by atoms with Crippen molar-refractivity contribution in [2.75, 3.05) is 0 Å². The summed E-state index contributed by atoms with van der Waals surface area (Å²) >= 11 is 3.96. The second kappa shape index (κ2) is 6.24. The zero-order chi connectivity index (χ0) is 19.6. The fraction of sp³-hybridized carbons (Fsp3) is 0.280. The molecule has 0 aliphatic rings. The molecular formula is C25H26BrN. The maximum absolute atomic E-state index is 3.96. The van der Waals surface area contributed by atoms with Crippen LogP contribution in [0.5, 0.6) is 0 Å². The van der Waals surface area contributed by atoms with E-state index in [2.05, 4.69) is 99.3 Å². The maximum Gasteiger partial charge on any atom is 0.0688 e. The fourth-order valence-corrected chi connectivity index (χ4v) is 5.11. The highest BCUT2D eigenvalue weighted by atomic mass is 79.9. The Morgan fingerprint density at radius 2 is 1.04 bits per heavy atom. The molecule has 138 valence electrons. The molecule has 0 aliphatic carbocycles. The third kappa shape index (κ3) is 2.36. The number of aromatic nitrogens is 1. The van der Waals surface area contributed by atoms with Gasteiger partial charge in [-0.1, -0.05) is 18.2 Å². The summed E-state index contributed by atoms with van der Waals surface area (Å²) in [5.74, 6) is 0. The lowest BCUT2D eigenvalue weighted by atomic mass is 9.92. The van der Waals surface area contributed by atoms with Crippen LogP contribution in [0, 0.1) is 48.5 Å². The van der Waals surface area contributed by atoms with Crippen molar-refractivity contribution in [1.82, 2.24) is 4.57 Å². The van der Waals surface area contributed by atoms with Gasteiger partial charge in [-0.05, 0) is 115 Å². The molecule has 0 aliphatic heterocycles. The summed E-state index contributed by atoms with van der Waals surface area (Å²) < 4.78 is 3.66. The van der Waals surface area contributed by atoms with E-state index in [9.17, 15) is 0 Å². The average molecular weight is 420 g/mol. The number of para-hydroxylation sites is 1. The van der Waals surface area contributed by atoms with Crippen LogP contribution in [0.2, 0.25) is 0 Å². The summed E-state index contributed by atoms with van der Waals surface area (Å²) in [5, 5.41) is 2.78. The van der Waals surface area contributed by atoms with Gasteiger partial charge in [-0.2, -0.15) is 0 Å². The standard InChI is InChI=1S/C25H26BrN/c1-13-14(2)19(7)24-21(16(13)4)22-17(5)15(3)18(6)23(26)25(22)27(24)20-11-9-8-10-12-20/h8-12H,1-7H3. The molecule has 1 aromatic heterocycles. The second-order valence-electron chi connectivity index (χ2n) is 7.81. The first kappa shape index (κ1) is 18.3. The van der Waals surface area contributed by atoms with Gasteiger partial charge in [-0.15, -0.1) is 0 Å². The Labute approximate surface area is 170 Å². The van der Waals surface area contributed by atoms with Crippen LogP contribution >= 0.6 is 15.9 Å². The number of hydrogen-bond donors (Lipinski definition) is 0. The topological polar surface area (TPSA) is 4.93 Å². The van der Waals surface area contributed by atoms with Gasteiger partial charge in [0.15, 0.2) is 0 Å². The largest absolute Gasteiger partial charge is 0.308 e. The van der Waals surface area contributed by atoms with E-state index in [0.29, 0.717) is 0 Å². The highest BCUT2D eigenvalue weighted by Crippen LogP contribution is 2.44. The molecule has 27 heavy (non-hydrogen) atoms. The Morgan fingerprint density at radius 1 is 0.556 bits per heavy atom. The summed E-state index contributed by atoms with van der Waals surface area (Å²) in [6, 6.07) is 10.7. The molecule has 0 atom stereocenters. The minimum atomic E-state index is 1.20. The number of nitrogens with zero attached hydrogens (tertiary/aromatic N) is 1. The van der Waals surface area contributed by atoms with Crippen molar-refractivity contribution in [2.24, 2.45) is 0 Å². The lowest BCUT2D eigenvalue weighted by molar-refractivity contribution is 1.14. The summed E-state index contributed by atoms with van der Waals surface area (Å²) in [7, 11) is 0. The summed E-state index contributed by atoms with van der Waals surface area (Å²) in [4.78, 5) is 0. The molecule has 4 rings (SSSR count). The molecule has 2 heteroatoms. The highest BCUT2D eigenvalue weighted by Gasteiger charge is 2.24. The first-order valence-electron chi connectivity index (χ1n) is 9.52. The van der Waals surface area contributed by atoms with Crippen molar-refractivity contribution < 1.29 is 0 Å². The summed E-state index contributed by atoms with van der Waals surface area (Å²) in [6.07, 6.45) is 0. The molecular weight excluding hydrogens is 394 g/mol. The van der Waals surface area contributed by atoms with Gasteiger partial charge in [0.05, 0.1) is 11.0 Å². The molecule has 0 N–H and O–H groups in total. The Hall–Kier alpha value is -2.06. The third-order valence-corrected chi connectivity index (χ3v) is 7.61. The van der Waals surface area contributed by atoms with E-state index in [1.807, 2.05) is 0 Å². The molecule has 0 fully saturated rings. The lowest BCUT2D eigenvalue weighted by Gasteiger charge is -2.15. The van der Waals surface area contributed by atoms with Gasteiger partial charge in [0.25, 0.3) is 0 Å². The minimum absolute atomic E-state index is 1.20. The SMILES string of the molecule is Cc1c(C)c(C)c2c(c1C)c1c(C)c(C)c(C)c(Br)c1n2-c1ccccc1. The van der Waals surface area contributed by atoms with Crippen molar-refractivity contribution in [3.63, 3.8) is 0 Å². The Bertz CT molecular complexity index is 1150. The molecule has 0 saturated heterocycles. The lowest BCUT2D eigenvalue weighted by Crippen LogP contribution is -1.99. The molecule has 0 bridgehead atoms. The van der Waals surface area contributed by atoms with Crippen LogP contribution in [0.4, 0.5) is 0 Å². The van der Waals surface area contributed by atoms with Crippen molar-refractivity contribution >= 4 is 37.7 Å². The monoisotopic (exact) mass is 419 g/mol. The zero-order valence-electron chi connectivity index (χ0n) is 17.2. The molecule has 0 radical (unpaired) electrons. The van der Waals surface area contributed by atoms with Gasteiger partial charge in [0.2, 0.25) is 0 Å².